The molecule has 0 bridgehead atoms. The molecule has 0 atom stereocenters. The summed E-state index contributed by atoms with van der Waals surface area (Å²) in [5.41, 5.74) is 0.812. The van der Waals surface area contributed by atoms with Crippen LogP contribution in [0.2, 0.25) is 10.0 Å². The average Bonchev–Trinajstić information content (AvgIpc) is 2.31. The second-order valence-electron chi connectivity index (χ2n) is 3.58. The number of para-hydroxylation sites is 1. The number of rotatable bonds is 3. The zero-order valence-electron chi connectivity index (χ0n) is 9.09. The van der Waals surface area contributed by atoms with E-state index in [4.69, 9.17) is 27.9 Å². The van der Waals surface area contributed by atoms with Crippen LogP contribution in [0.25, 0.3) is 0 Å². The number of ether oxygens (including phenoxy) is 1. The van der Waals surface area contributed by atoms with Gasteiger partial charge in [-0.2, -0.15) is 0 Å². The first-order valence-corrected chi connectivity index (χ1v) is 6.63. The molecule has 0 aliphatic heterocycles. The highest BCUT2D eigenvalue weighted by molar-refractivity contribution is 9.10. The quantitative estimate of drug-likeness (QED) is 0.713. The van der Waals surface area contributed by atoms with Crippen molar-refractivity contribution in [3.63, 3.8) is 0 Å². The number of hydrogen-bond acceptors (Lipinski definition) is 1. The fourth-order valence-corrected chi connectivity index (χ4v) is 2.38. The molecule has 5 heteroatoms. The summed E-state index contributed by atoms with van der Waals surface area (Å²) in [5.74, 6) is 0.124. The summed E-state index contributed by atoms with van der Waals surface area (Å²) in [6.07, 6.45) is 0. The minimum Gasteiger partial charge on any atom is -0.486 e. The Kier molecular flexibility index (Phi) is 4.49. The van der Waals surface area contributed by atoms with Crippen molar-refractivity contribution in [2.24, 2.45) is 0 Å². The van der Waals surface area contributed by atoms with Crippen molar-refractivity contribution in [3.05, 3.63) is 62.3 Å². The van der Waals surface area contributed by atoms with Crippen LogP contribution >= 0.6 is 39.1 Å². The van der Waals surface area contributed by atoms with Crippen LogP contribution in [0.3, 0.4) is 0 Å². The summed E-state index contributed by atoms with van der Waals surface area (Å²) < 4.78 is 19.1. The molecule has 0 aliphatic carbocycles. The maximum Gasteiger partial charge on any atom is 0.156 e. The van der Waals surface area contributed by atoms with Gasteiger partial charge in [-0.1, -0.05) is 51.3 Å². The molecule has 2 rings (SSSR count). The van der Waals surface area contributed by atoms with Crippen LogP contribution in [0.5, 0.6) is 5.75 Å². The molecule has 2 aromatic rings. The summed E-state index contributed by atoms with van der Waals surface area (Å²) in [7, 11) is 0. The topological polar surface area (TPSA) is 9.23 Å². The van der Waals surface area contributed by atoms with Crippen molar-refractivity contribution in [3.8, 4) is 5.75 Å². The van der Waals surface area contributed by atoms with Gasteiger partial charge in [0.1, 0.15) is 12.4 Å². The smallest absolute Gasteiger partial charge is 0.156 e. The zero-order valence-corrected chi connectivity index (χ0v) is 12.2. The maximum absolute atomic E-state index is 12.9. The van der Waals surface area contributed by atoms with Gasteiger partial charge in [0.2, 0.25) is 0 Å². The minimum absolute atomic E-state index is 0.254. The lowest BCUT2D eigenvalue weighted by Gasteiger charge is -2.10. The Labute approximate surface area is 123 Å². The van der Waals surface area contributed by atoms with Crippen molar-refractivity contribution < 1.29 is 9.13 Å². The van der Waals surface area contributed by atoms with Crippen LogP contribution in [0, 0.1) is 5.82 Å². The molecule has 0 fully saturated rings. The van der Waals surface area contributed by atoms with E-state index in [1.165, 1.54) is 12.1 Å². The summed E-state index contributed by atoms with van der Waals surface area (Å²) >= 11 is 15.2. The van der Waals surface area contributed by atoms with Gasteiger partial charge in [-0.25, -0.2) is 4.39 Å². The highest BCUT2D eigenvalue weighted by atomic mass is 79.9. The lowest BCUT2D eigenvalue weighted by molar-refractivity contribution is 0.305. The normalized spacial score (nSPS) is 10.4. The van der Waals surface area contributed by atoms with Crippen molar-refractivity contribution in [1.82, 2.24) is 0 Å². The number of halogens is 4. The van der Waals surface area contributed by atoms with Crippen LogP contribution in [0.1, 0.15) is 5.56 Å². The first kappa shape index (κ1) is 13.7. The number of benzene rings is 2. The molecule has 0 unspecified atom stereocenters. The molecule has 0 aromatic heterocycles. The molecular weight excluding hydrogens is 342 g/mol. The standard InChI is InChI=1S/C13H8BrCl2FO/c14-10-6-9(17)5-4-8(10)7-18-13-11(15)2-1-3-12(13)16/h1-6H,7H2. The predicted octanol–water partition coefficient (Wildman–Crippen LogP) is 5.47. The Hall–Kier alpha value is -0.770. The first-order valence-electron chi connectivity index (χ1n) is 5.08. The predicted molar refractivity (Wildman–Crippen MR) is 74.9 cm³/mol. The van der Waals surface area contributed by atoms with E-state index in [0.29, 0.717) is 20.3 Å². The molecule has 2 aromatic carbocycles. The largest absolute Gasteiger partial charge is 0.486 e. The van der Waals surface area contributed by atoms with Crippen LogP contribution in [0.15, 0.2) is 40.9 Å². The van der Waals surface area contributed by atoms with Crippen molar-refractivity contribution in [1.29, 1.82) is 0 Å². The summed E-state index contributed by atoms with van der Waals surface area (Å²) in [6.45, 7) is 0.254. The molecule has 0 saturated heterocycles. The lowest BCUT2D eigenvalue weighted by atomic mass is 10.2. The van der Waals surface area contributed by atoms with Crippen LogP contribution in [-0.2, 0) is 6.61 Å². The third kappa shape index (κ3) is 3.16. The second kappa shape index (κ2) is 5.91. The van der Waals surface area contributed by atoms with Crippen LogP contribution in [0.4, 0.5) is 4.39 Å². The Balaban J connectivity index is 2.16. The highest BCUT2D eigenvalue weighted by Gasteiger charge is 2.08. The van der Waals surface area contributed by atoms with Crippen molar-refractivity contribution >= 4 is 39.1 Å². The summed E-state index contributed by atoms with van der Waals surface area (Å²) in [5, 5.41) is 0.890. The molecule has 0 heterocycles. The van der Waals surface area contributed by atoms with Gasteiger partial charge in [-0.05, 0) is 24.3 Å². The Bertz CT molecular complexity index is 555. The van der Waals surface area contributed by atoms with Crippen molar-refractivity contribution in [2.45, 2.75) is 6.61 Å². The van der Waals surface area contributed by atoms with Gasteiger partial charge in [0.25, 0.3) is 0 Å². The molecule has 0 amide bonds. The van der Waals surface area contributed by atoms with Gasteiger partial charge in [0, 0.05) is 10.0 Å². The van der Waals surface area contributed by atoms with E-state index in [1.54, 1.807) is 24.3 Å². The monoisotopic (exact) mass is 348 g/mol. The van der Waals surface area contributed by atoms with Gasteiger partial charge in [0.15, 0.2) is 5.75 Å². The van der Waals surface area contributed by atoms with E-state index in [0.717, 1.165) is 5.56 Å². The van der Waals surface area contributed by atoms with E-state index in [1.807, 2.05) is 0 Å². The van der Waals surface area contributed by atoms with E-state index < -0.39 is 0 Å². The molecular formula is C13H8BrCl2FO. The zero-order chi connectivity index (χ0) is 13.1. The number of hydrogen-bond donors (Lipinski definition) is 0. The maximum atomic E-state index is 12.9. The molecule has 0 N–H and O–H groups in total. The Morgan fingerprint density at radius 1 is 1.11 bits per heavy atom. The third-order valence-electron chi connectivity index (χ3n) is 2.31. The van der Waals surface area contributed by atoms with Gasteiger partial charge < -0.3 is 4.74 Å². The van der Waals surface area contributed by atoms with E-state index in [9.17, 15) is 4.39 Å². The fourth-order valence-electron chi connectivity index (χ4n) is 1.41. The molecule has 0 saturated carbocycles. The molecule has 94 valence electrons. The van der Waals surface area contributed by atoms with Gasteiger partial charge in [0.05, 0.1) is 10.0 Å². The Morgan fingerprint density at radius 3 is 2.39 bits per heavy atom. The van der Waals surface area contributed by atoms with Gasteiger partial charge in [-0.3, -0.25) is 0 Å². The molecule has 18 heavy (non-hydrogen) atoms. The molecule has 0 aliphatic rings. The molecule has 0 spiro atoms. The molecule has 1 nitrogen and oxygen atoms in total. The second-order valence-corrected chi connectivity index (χ2v) is 5.24. The minimum atomic E-state index is -0.304. The summed E-state index contributed by atoms with van der Waals surface area (Å²) in [4.78, 5) is 0. The van der Waals surface area contributed by atoms with Gasteiger partial charge >= 0.3 is 0 Å². The van der Waals surface area contributed by atoms with E-state index in [-0.39, 0.29) is 12.4 Å². The summed E-state index contributed by atoms with van der Waals surface area (Å²) in [6, 6.07) is 9.53. The van der Waals surface area contributed by atoms with Crippen molar-refractivity contribution in [2.75, 3.05) is 0 Å². The van der Waals surface area contributed by atoms with Gasteiger partial charge in [-0.15, -0.1) is 0 Å². The highest BCUT2D eigenvalue weighted by Crippen LogP contribution is 2.33. The Morgan fingerprint density at radius 2 is 1.78 bits per heavy atom. The SMILES string of the molecule is Fc1ccc(COc2c(Cl)cccc2Cl)c(Br)c1. The third-order valence-corrected chi connectivity index (χ3v) is 3.64. The lowest BCUT2D eigenvalue weighted by Crippen LogP contribution is -1.98. The first-order chi connectivity index (χ1) is 8.58. The van der Waals surface area contributed by atoms with Crippen LogP contribution < -0.4 is 4.74 Å². The van der Waals surface area contributed by atoms with E-state index in [2.05, 4.69) is 15.9 Å². The molecule has 0 radical (unpaired) electrons. The van der Waals surface area contributed by atoms with Crippen LogP contribution in [-0.4, -0.2) is 0 Å². The van der Waals surface area contributed by atoms with E-state index >= 15 is 0 Å². The average molecular weight is 350 g/mol. The fraction of sp³-hybridized carbons (Fsp3) is 0.0769.